The fraction of sp³-hybridized carbons (Fsp3) is 0.692. The second-order valence-corrected chi connectivity index (χ2v) is 5.75. The van der Waals surface area contributed by atoms with Gasteiger partial charge in [0.05, 0.1) is 6.20 Å². The molecule has 1 aromatic rings. The van der Waals surface area contributed by atoms with E-state index in [2.05, 4.69) is 10.3 Å². The van der Waals surface area contributed by atoms with Crippen molar-refractivity contribution in [3.05, 3.63) is 11.9 Å². The molecule has 0 spiro atoms. The molecule has 2 amide bonds. The Labute approximate surface area is 123 Å². The molecular weight excluding hydrogens is 274 g/mol. The standard InChI is InChI=1S/C13H21N5O3/c1-10(19)16-4-6-17(7-5-16)12(20)9-18-8-11(14-15-18)13(2,3)21/h8,21H,4-7,9H2,1-3H3. The van der Waals surface area contributed by atoms with Crippen molar-refractivity contribution in [1.82, 2.24) is 24.8 Å². The molecule has 0 aliphatic carbocycles. The molecule has 0 aromatic carbocycles. The second-order valence-electron chi connectivity index (χ2n) is 5.75. The lowest BCUT2D eigenvalue weighted by molar-refractivity contribution is -0.138. The third-order valence-corrected chi connectivity index (χ3v) is 3.54. The van der Waals surface area contributed by atoms with Gasteiger partial charge in [0.1, 0.15) is 17.8 Å². The summed E-state index contributed by atoms with van der Waals surface area (Å²) in [7, 11) is 0. The summed E-state index contributed by atoms with van der Waals surface area (Å²) in [5, 5.41) is 17.5. The molecule has 2 rings (SSSR count). The van der Waals surface area contributed by atoms with Gasteiger partial charge in [-0.1, -0.05) is 5.21 Å². The first-order valence-electron chi connectivity index (χ1n) is 6.93. The van der Waals surface area contributed by atoms with Gasteiger partial charge in [-0.05, 0) is 13.8 Å². The predicted octanol–water partition coefficient (Wildman–Crippen LogP) is -0.804. The van der Waals surface area contributed by atoms with Gasteiger partial charge in [-0.3, -0.25) is 9.59 Å². The van der Waals surface area contributed by atoms with Gasteiger partial charge in [-0.2, -0.15) is 0 Å². The van der Waals surface area contributed by atoms with Crippen LogP contribution in [0.15, 0.2) is 6.20 Å². The zero-order chi connectivity index (χ0) is 15.6. The van der Waals surface area contributed by atoms with Crippen LogP contribution >= 0.6 is 0 Å². The van der Waals surface area contributed by atoms with Crippen LogP contribution in [0.5, 0.6) is 0 Å². The predicted molar refractivity (Wildman–Crippen MR) is 74.1 cm³/mol. The van der Waals surface area contributed by atoms with E-state index in [-0.39, 0.29) is 18.4 Å². The van der Waals surface area contributed by atoms with E-state index in [4.69, 9.17) is 0 Å². The van der Waals surface area contributed by atoms with Gasteiger partial charge in [-0.25, -0.2) is 4.68 Å². The summed E-state index contributed by atoms with van der Waals surface area (Å²) >= 11 is 0. The zero-order valence-electron chi connectivity index (χ0n) is 12.6. The first-order chi connectivity index (χ1) is 9.77. The fourth-order valence-electron chi connectivity index (χ4n) is 2.17. The highest BCUT2D eigenvalue weighted by Crippen LogP contribution is 2.15. The Morgan fingerprint density at radius 3 is 2.29 bits per heavy atom. The molecule has 0 saturated carbocycles. The van der Waals surface area contributed by atoms with Crippen molar-refractivity contribution in [1.29, 1.82) is 0 Å². The molecule has 1 aromatic heterocycles. The van der Waals surface area contributed by atoms with Crippen molar-refractivity contribution in [3.8, 4) is 0 Å². The number of aromatic nitrogens is 3. The summed E-state index contributed by atoms with van der Waals surface area (Å²) in [6.07, 6.45) is 1.57. The third kappa shape index (κ3) is 3.78. The van der Waals surface area contributed by atoms with Crippen LogP contribution in [0.1, 0.15) is 26.5 Å². The lowest BCUT2D eigenvalue weighted by Gasteiger charge is -2.34. The highest BCUT2D eigenvalue weighted by Gasteiger charge is 2.24. The maximum atomic E-state index is 12.2. The topological polar surface area (TPSA) is 91.6 Å². The molecule has 1 aliphatic heterocycles. The van der Waals surface area contributed by atoms with Crippen LogP contribution in [0.3, 0.4) is 0 Å². The van der Waals surface area contributed by atoms with Crippen LogP contribution in [0.25, 0.3) is 0 Å². The van der Waals surface area contributed by atoms with Gasteiger partial charge in [0.25, 0.3) is 0 Å². The molecule has 0 bridgehead atoms. The molecule has 1 fully saturated rings. The van der Waals surface area contributed by atoms with Crippen molar-refractivity contribution in [3.63, 3.8) is 0 Å². The number of amides is 2. The molecule has 0 atom stereocenters. The average Bonchev–Trinajstić information content (AvgIpc) is 2.87. The minimum atomic E-state index is -1.07. The third-order valence-electron chi connectivity index (χ3n) is 3.54. The van der Waals surface area contributed by atoms with Crippen LogP contribution in [0.4, 0.5) is 0 Å². The molecule has 8 heteroatoms. The number of carbonyl (C=O) groups is 2. The van der Waals surface area contributed by atoms with Crippen LogP contribution in [0, 0.1) is 0 Å². The van der Waals surface area contributed by atoms with Crippen LogP contribution in [0.2, 0.25) is 0 Å². The van der Waals surface area contributed by atoms with Gasteiger partial charge in [0, 0.05) is 33.1 Å². The number of carbonyl (C=O) groups excluding carboxylic acids is 2. The Balaban J connectivity index is 1.91. The normalized spacial score (nSPS) is 16.2. The molecule has 2 heterocycles. The number of nitrogens with zero attached hydrogens (tertiary/aromatic N) is 5. The van der Waals surface area contributed by atoms with E-state index in [0.29, 0.717) is 31.9 Å². The Morgan fingerprint density at radius 1 is 1.24 bits per heavy atom. The smallest absolute Gasteiger partial charge is 0.244 e. The van der Waals surface area contributed by atoms with Gasteiger partial charge in [-0.15, -0.1) is 5.10 Å². The van der Waals surface area contributed by atoms with E-state index in [1.165, 1.54) is 11.6 Å². The molecule has 1 saturated heterocycles. The van der Waals surface area contributed by atoms with Gasteiger partial charge >= 0.3 is 0 Å². The summed E-state index contributed by atoms with van der Waals surface area (Å²) in [5.74, 6) is -0.0291. The average molecular weight is 295 g/mol. The van der Waals surface area contributed by atoms with Gasteiger partial charge in [0.15, 0.2) is 0 Å². The number of rotatable bonds is 3. The maximum absolute atomic E-state index is 12.2. The summed E-state index contributed by atoms with van der Waals surface area (Å²) < 4.78 is 1.42. The molecule has 0 radical (unpaired) electrons. The summed E-state index contributed by atoms with van der Waals surface area (Å²) in [6, 6.07) is 0. The monoisotopic (exact) mass is 295 g/mol. The lowest BCUT2D eigenvalue weighted by atomic mass is 10.1. The molecule has 8 nitrogen and oxygen atoms in total. The van der Waals surface area contributed by atoms with Crippen LogP contribution in [-0.4, -0.2) is 67.9 Å². The Morgan fingerprint density at radius 2 is 1.81 bits per heavy atom. The molecular formula is C13H21N5O3. The molecule has 1 aliphatic rings. The SMILES string of the molecule is CC(=O)N1CCN(C(=O)Cn2cc(C(C)(C)O)nn2)CC1. The highest BCUT2D eigenvalue weighted by molar-refractivity contribution is 5.77. The van der Waals surface area contributed by atoms with E-state index >= 15 is 0 Å². The summed E-state index contributed by atoms with van der Waals surface area (Å²) in [4.78, 5) is 26.9. The van der Waals surface area contributed by atoms with Crippen molar-refractivity contribution in [2.24, 2.45) is 0 Å². The minimum absolute atomic E-state index is 0.0354. The lowest BCUT2D eigenvalue weighted by Crippen LogP contribution is -2.50. The highest BCUT2D eigenvalue weighted by atomic mass is 16.3. The Kier molecular flexibility index (Phi) is 4.26. The fourth-order valence-corrected chi connectivity index (χ4v) is 2.17. The van der Waals surface area contributed by atoms with Gasteiger partial charge in [0.2, 0.25) is 11.8 Å². The van der Waals surface area contributed by atoms with E-state index in [1.807, 2.05) is 0 Å². The Hall–Kier alpha value is -1.96. The van der Waals surface area contributed by atoms with Crippen molar-refractivity contribution < 1.29 is 14.7 Å². The van der Waals surface area contributed by atoms with E-state index in [0.717, 1.165) is 0 Å². The number of aliphatic hydroxyl groups is 1. The summed E-state index contributed by atoms with van der Waals surface area (Å²) in [6.45, 7) is 7.04. The number of hydrogen-bond acceptors (Lipinski definition) is 5. The number of piperazine rings is 1. The van der Waals surface area contributed by atoms with Crippen molar-refractivity contribution in [2.45, 2.75) is 32.9 Å². The van der Waals surface area contributed by atoms with Crippen LogP contribution in [-0.2, 0) is 21.7 Å². The minimum Gasteiger partial charge on any atom is -0.384 e. The first kappa shape index (κ1) is 15.4. The first-order valence-corrected chi connectivity index (χ1v) is 6.93. The zero-order valence-corrected chi connectivity index (χ0v) is 12.6. The molecule has 1 N–H and O–H groups in total. The largest absolute Gasteiger partial charge is 0.384 e. The second kappa shape index (κ2) is 5.80. The number of hydrogen-bond donors (Lipinski definition) is 1. The van der Waals surface area contributed by atoms with E-state index < -0.39 is 5.60 Å². The van der Waals surface area contributed by atoms with Crippen LogP contribution < -0.4 is 0 Å². The van der Waals surface area contributed by atoms with Crippen molar-refractivity contribution in [2.75, 3.05) is 26.2 Å². The molecule has 116 valence electrons. The Bertz CT molecular complexity index is 526. The maximum Gasteiger partial charge on any atom is 0.244 e. The van der Waals surface area contributed by atoms with Gasteiger partial charge < -0.3 is 14.9 Å². The summed E-state index contributed by atoms with van der Waals surface area (Å²) in [5.41, 5.74) is -0.647. The quantitative estimate of drug-likeness (QED) is 0.788. The molecule has 21 heavy (non-hydrogen) atoms. The van der Waals surface area contributed by atoms with E-state index in [1.54, 1.807) is 29.8 Å². The van der Waals surface area contributed by atoms with Crippen molar-refractivity contribution >= 4 is 11.8 Å². The van der Waals surface area contributed by atoms with E-state index in [9.17, 15) is 14.7 Å². The molecule has 0 unspecified atom stereocenters.